The molecule has 1 amide bonds. The molecule has 0 unspecified atom stereocenters. The number of esters is 1. The summed E-state index contributed by atoms with van der Waals surface area (Å²) in [6, 6.07) is 8.71. The number of amides is 1. The highest BCUT2D eigenvalue weighted by atomic mass is 32.2. The summed E-state index contributed by atoms with van der Waals surface area (Å²) in [5.41, 5.74) is 0.367. The number of hydrogen-bond acceptors (Lipinski definition) is 5. The van der Waals surface area contributed by atoms with E-state index in [-0.39, 0.29) is 11.7 Å². The van der Waals surface area contributed by atoms with Crippen LogP contribution in [-0.2, 0) is 9.53 Å². The Morgan fingerprint density at radius 1 is 1.40 bits per heavy atom. The zero-order valence-electron chi connectivity index (χ0n) is 11.6. The average Bonchev–Trinajstić information content (AvgIpc) is 2.44. The van der Waals surface area contributed by atoms with Gasteiger partial charge in [0.1, 0.15) is 6.07 Å². The molecule has 1 aromatic carbocycles. The maximum atomic E-state index is 11.9. The molecule has 0 heterocycles. The lowest BCUT2D eigenvalue weighted by atomic mass is 10.2. The summed E-state index contributed by atoms with van der Waals surface area (Å²) in [4.78, 5) is 25.7. The van der Waals surface area contributed by atoms with Gasteiger partial charge in [0.05, 0.1) is 11.3 Å². The summed E-state index contributed by atoms with van der Waals surface area (Å²) in [7, 11) is 3.36. The first kappa shape index (κ1) is 16.1. The number of carbonyl (C=O) groups excluding carboxylic acids is 2. The van der Waals surface area contributed by atoms with Crippen molar-refractivity contribution in [2.75, 3.05) is 19.8 Å². The van der Waals surface area contributed by atoms with Crippen LogP contribution in [0.1, 0.15) is 17.3 Å². The molecule has 0 aliphatic rings. The van der Waals surface area contributed by atoms with Gasteiger partial charge >= 0.3 is 5.97 Å². The number of nitrogens with zero attached hydrogens (tertiary/aromatic N) is 2. The normalized spacial score (nSPS) is 11.3. The van der Waals surface area contributed by atoms with Gasteiger partial charge in [-0.25, -0.2) is 4.79 Å². The Hall–Kier alpha value is -2.00. The van der Waals surface area contributed by atoms with Crippen LogP contribution >= 0.6 is 11.8 Å². The molecule has 20 heavy (non-hydrogen) atoms. The molecule has 0 aromatic heterocycles. The first-order valence-corrected chi connectivity index (χ1v) is 6.97. The first-order chi connectivity index (χ1) is 9.45. The topological polar surface area (TPSA) is 70.4 Å². The highest BCUT2D eigenvalue weighted by Crippen LogP contribution is 2.23. The molecule has 1 atom stereocenters. The Bertz CT molecular complexity index is 537. The molecule has 0 spiro atoms. The van der Waals surface area contributed by atoms with Crippen LogP contribution in [0.2, 0.25) is 0 Å². The van der Waals surface area contributed by atoms with Gasteiger partial charge in [0.2, 0.25) is 5.91 Å². The van der Waals surface area contributed by atoms with E-state index in [1.807, 2.05) is 6.07 Å². The van der Waals surface area contributed by atoms with Crippen molar-refractivity contribution in [2.24, 2.45) is 0 Å². The highest BCUT2D eigenvalue weighted by Gasteiger charge is 2.16. The Labute approximate surface area is 122 Å². The summed E-state index contributed by atoms with van der Waals surface area (Å²) in [5, 5.41) is 8.65. The predicted molar refractivity (Wildman–Crippen MR) is 76.4 cm³/mol. The molecule has 1 rings (SSSR count). The molecule has 5 nitrogen and oxygen atoms in total. The molecular formula is C14H16N2O3S. The standard InChI is InChI=1S/C14H16N2O3S/c1-10(8-15)19-14(18)11-6-4-5-7-12(11)20-9-13(17)16(2)3/h4-7,10H,9H2,1-3H3/t10-/m1/s1. The molecular weight excluding hydrogens is 276 g/mol. The number of ether oxygens (including phenoxy) is 1. The largest absolute Gasteiger partial charge is 0.444 e. The van der Waals surface area contributed by atoms with Gasteiger partial charge in [0.15, 0.2) is 6.10 Å². The van der Waals surface area contributed by atoms with Crippen molar-refractivity contribution in [3.8, 4) is 6.07 Å². The third kappa shape index (κ3) is 4.59. The fourth-order valence-electron chi connectivity index (χ4n) is 1.28. The van der Waals surface area contributed by atoms with Crippen LogP contribution in [0, 0.1) is 11.3 Å². The van der Waals surface area contributed by atoms with E-state index in [2.05, 4.69) is 0 Å². The number of rotatable bonds is 5. The number of benzene rings is 1. The van der Waals surface area contributed by atoms with Gasteiger partial charge in [-0.2, -0.15) is 5.26 Å². The van der Waals surface area contributed by atoms with E-state index < -0.39 is 12.1 Å². The lowest BCUT2D eigenvalue weighted by molar-refractivity contribution is -0.125. The van der Waals surface area contributed by atoms with Crippen molar-refractivity contribution >= 4 is 23.6 Å². The average molecular weight is 292 g/mol. The van der Waals surface area contributed by atoms with Crippen LogP contribution in [0.5, 0.6) is 0 Å². The third-order valence-electron chi connectivity index (χ3n) is 2.42. The second-order valence-electron chi connectivity index (χ2n) is 4.25. The van der Waals surface area contributed by atoms with E-state index in [0.29, 0.717) is 10.5 Å². The fraction of sp³-hybridized carbons (Fsp3) is 0.357. The molecule has 0 aliphatic carbocycles. The third-order valence-corrected chi connectivity index (χ3v) is 3.48. The van der Waals surface area contributed by atoms with Crippen molar-refractivity contribution in [1.82, 2.24) is 4.90 Å². The second kappa shape index (κ2) is 7.56. The van der Waals surface area contributed by atoms with Crippen LogP contribution in [-0.4, -0.2) is 42.7 Å². The van der Waals surface area contributed by atoms with E-state index in [0.717, 1.165) is 0 Å². The Morgan fingerprint density at radius 2 is 2.05 bits per heavy atom. The van der Waals surface area contributed by atoms with Crippen LogP contribution in [0.3, 0.4) is 0 Å². The van der Waals surface area contributed by atoms with Crippen LogP contribution < -0.4 is 0 Å². The molecule has 1 aromatic rings. The lowest BCUT2D eigenvalue weighted by Crippen LogP contribution is -2.23. The number of carbonyl (C=O) groups is 2. The van der Waals surface area contributed by atoms with E-state index in [1.165, 1.54) is 23.6 Å². The van der Waals surface area contributed by atoms with Crippen molar-refractivity contribution in [3.05, 3.63) is 29.8 Å². The quantitative estimate of drug-likeness (QED) is 0.612. The van der Waals surface area contributed by atoms with E-state index in [1.54, 1.807) is 38.4 Å². The van der Waals surface area contributed by atoms with Crippen molar-refractivity contribution in [3.63, 3.8) is 0 Å². The van der Waals surface area contributed by atoms with Gasteiger partial charge in [-0.1, -0.05) is 12.1 Å². The Kier molecular flexibility index (Phi) is 6.07. The zero-order chi connectivity index (χ0) is 15.1. The first-order valence-electron chi connectivity index (χ1n) is 5.98. The predicted octanol–water partition coefficient (Wildman–Crippen LogP) is 1.94. The highest BCUT2D eigenvalue weighted by molar-refractivity contribution is 8.00. The van der Waals surface area contributed by atoms with Crippen molar-refractivity contribution < 1.29 is 14.3 Å². The van der Waals surface area contributed by atoms with E-state index in [9.17, 15) is 9.59 Å². The minimum absolute atomic E-state index is 0.0384. The molecule has 0 aliphatic heterocycles. The Morgan fingerprint density at radius 3 is 2.65 bits per heavy atom. The molecule has 0 bridgehead atoms. The molecule has 106 valence electrons. The summed E-state index contributed by atoms with van der Waals surface area (Å²) in [5.74, 6) is -0.353. The van der Waals surface area contributed by atoms with Crippen LogP contribution in [0.15, 0.2) is 29.2 Å². The molecule has 0 saturated heterocycles. The van der Waals surface area contributed by atoms with Gasteiger partial charge < -0.3 is 9.64 Å². The van der Waals surface area contributed by atoms with Gasteiger partial charge in [-0.05, 0) is 19.1 Å². The number of thioether (sulfide) groups is 1. The molecule has 6 heteroatoms. The van der Waals surface area contributed by atoms with Crippen LogP contribution in [0.25, 0.3) is 0 Å². The maximum absolute atomic E-state index is 11.9. The monoisotopic (exact) mass is 292 g/mol. The zero-order valence-corrected chi connectivity index (χ0v) is 12.4. The lowest BCUT2D eigenvalue weighted by Gasteiger charge is -2.12. The maximum Gasteiger partial charge on any atom is 0.340 e. The summed E-state index contributed by atoms with van der Waals surface area (Å²) in [6.07, 6.45) is -0.802. The number of nitriles is 1. The van der Waals surface area contributed by atoms with Gasteiger partial charge in [0, 0.05) is 19.0 Å². The summed E-state index contributed by atoms with van der Waals surface area (Å²) >= 11 is 1.27. The molecule has 0 radical (unpaired) electrons. The van der Waals surface area contributed by atoms with Gasteiger partial charge in [-0.15, -0.1) is 11.8 Å². The molecule has 0 fully saturated rings. The van der Waals surface area contributed by atoms with Gasteiger partial charge in [0.25, 0.3) is 0 Å². The number of hydrogen-bond donors (Lipinski definition) is 0. The van der Waals surface area contributed by atoms with Crippen LogP contribution in [0.4, 0.5) is 0 Å². The second-order valence-corrected chi connectivity index (χ2v) is 5.27. The van der Waals surface area contributed by atoms with E-state index >= 15 is 0 Å². The smallest absolute Gasteiger partial charge is 0.340 e. The summed E-state index contributed by atoms with van der Waals surface area (Å²) < 4.78 is 4.97. The van der Waals surface area contributed by atoms with Crippen molar-refractivity contribution in [1.29, 1.82) is 5.26 Å². The molecule has 0 saturated carbocycles. The molecule has 0 N–H and O–H groups in total. The SMILES string of the molecule is C[C@H](C#N)OC(=O)c1ccccc1SCC(=O)N(C)C. The minimum atomic E-state index is -0.802. The van der Waals surface area contributed by atoms with E-state index in [4.69, 9.17) is 10.00 Å². The summed E-state index contributed by atoms with van der Waals surface area (Å²) in [6.45, 7) is 1.50. The van der Waals surface area contributed by atoms with Crippen molar-refractivity contribution in [2.45, 2.75) is 17.9 Å². The van der Waals surface area contributed by atoms with Gasteiger partial charge in [-0.3, -0.25) is 4.79 Å². The Balaban J connectivity index is 2.81. The minimum Gasteiger partial charge on any atom is -0.444 e. The fourth-order valence-corrected chi connectivity index (χ4v) is 2.30.